The van der Waals surface area contributed by atoms with Gasteiger partial charge in [0.25, 0.3) is 5.09 Å². The second kappa shape index (κ2) is 7.03. The van der Waals surface area contributed by atoms with Crippen molar-refractivity contribution in [1.82, 2.24) is 5.12 Å². The van der Waals surface area contributed by atoms with Gasteiger partial charge in [0.05, 0.1) is 0 Å². The lowest BCUT2D eigenvalue weighted by molar-refractivity contribution is -0.881. The third-order valence-electron chi connectivity index (χ3n) is 0.698. The minimum absolute atomic E-state index is 0.872. The van der Waals surface area contributed by atoms with E-state index in [-0.39, 0.29) is 0 Å². The van der Waals surface area contributed by atoms with Crippen LogP contribution in [0.25, 0.3) is 0 Å². The maximum Gasteiger partial charge on any atom is 0.406 e. The van der Waals surface area contributed by atoms with Gasteiger partial charge >= 0.3 is 5.96 Å². The molecule has 0 heterocycles. The third-order valence-corrected chi connectivity index (χ3v) is 0.698. The molecule has 3 N–H and O–H groups in total. The lowest BCUT2D eigenvalue weighted by Crippen LogP contribution is -2.45. The van der Waals surface area contributed by atoms with E-state index in [1.807, 2.05) is 0 Å². The third kappa shape index (κ3) is 8.99. The van der Waals surface area contributed by atoms with Gasteiger partial charge in [0.15, 0.2) is 5.03 Å². The topological polar surface area (TPSA) is 234 Å². The van der Waals surface area contributed by atoms with Gasteiger partial charge in [-0.1, -0.05) is 0 Å². The monoisotopic (exact) mass is 257 g/mol. The maximum absolute atomic E-state index is 9.87. The van der Waals surface area contributed by atoms with Crippen LogP contribution in [0.1, 0.15) is 0 Å². The number of hydrogen-bond acceptors (Lipinski definition) is 8. The van der Waals surface area contributed by atoms with Gasteiger partial charge in [0.1, 0.15) is 5.10 Å². The molecule has 0 aliphatic carbocycles. The number of guanidine groups is 1. The first-order chi connectivity index (χ1) is 7.59. The highest BCUT2D eigenvalue weighted by Gasteiger charge is 2.35. The summed E-state index contributed by atoms with van der Waals surface area (Å²) < 4.78 is 0. The number of hydrazine groups is 2. The molecule has 0 aromatic heterocycles. The van der Waals surface area contributed by atoms with Gasteiger partial charge in [0.2, 0.25) is 15.2 Å². The van der Waals surface area contributed by atoms with Crippen LogP contribution >= 0.6 is 0 Å². The van der Waals surface area contributed by atoms with Crippen LogP contribution in [0.2, 0.25) is 0 Å². The minimum atomic E-state index is -1.55. The van der Waals surface area contributed by atoms with Crippen molar-refractivity contribution < 1.29 is 25.4 Å². The molecule has 0 radical (unpaired) electrons. The smallest absolute Gasteiger partial charge is 0.354 e. The fourth-order valence-electron chi connectivity index (χ4n) is 0.351. The summed E-state index contributed by atoms with van der Waals surface area (Å²) in [5, 5.41) is 39.8. The molecule has 0 saturated carbocycles. The van der Waals surface area contributed by atoms with E-state index in [1.165, 1.54) is 0 Å². The SMILES string of the molecule is NC(=N[N+](=O)[O-])N([N+](=O)[O-])[N+](=O)[O-].O=[N+]([O-])O. The van der Waals surface area contributed by atoms with Gasteiger partial charge in [-0.15, -0.1) is 10.1 Å². The molecule has 0 fully saturated rings. The molecule has 0 aliphatic heterocycles. The van der Waals surface area contributed by atoms with Crippen molar-refractivity contribution in [3.63, 3.8) is 0 Å². The Morgan fingerprint density at radius 2 is 1.35 bits per heavy atom. The summed E-state index contributed by atoms with van der Waals surface area (Å²) >= 11 is 0. The highest BCUT2D eigenvalue weighted by Crippen LogP contribution is 1.88. The molecule has 0 spiro atoms. The van der Waals surface area contributed by atoms with Gasteiger partial charge in [0, 0.05) is 0 Å². The number of nitro groups is 3. The molecule has 96 valence electrons. The van der Waals surface area contributed by atoms with Gasteiger partial charge in [-0.05, 0) is 0 Å². The maximum atomic E-state index is 9.87. The first-order valence-corrected chi connectivity index (χ1v) is 3.00. The molecule has 17 heavy (non-hydrogen) atoms. The Bertz CT molecular complexity index is 340. The lowest BCUT2D eigenvalue weighted by atomic mass is 11.0. The van der Waals surface area contributed by atoms with Gasteiger partial charge < -0.3 is 10.9 Å². The molecule has 0 aromatic rings. The Morgan fingerprint density at radius 3 is 1.53 bits per heavy atom. The van der Waals surface area contributed by atoms with E-state index in [9.17, 15) is 30.3 Å². The fraction of sp³-hybridized carbons (Fsp3) is 0. The second-order valence-corrected chi connectivity index (χ2v) is 1.70. The molecule has 0 aliphatic rings. The van der Waals surface area contributed by atoms with Crippen LogP contribution in [0.4, 0.5) is 0 Å². The zero-order valence-electron chi connectivity index (χ0n) is 7.47. The first kappa shape index (κ1) is 16.1. The molecule has 0 atom stereocenters. The van der Waals surface area contributed by atoms with E-state index < -0.39 is 31.3 Å². The summed E-state index contributed by atoms with van der Waals surface area (Å²) in [4.78, 5) is 37.7. The molecule has 0 rings (SSSR count). The zero-order chi connectivity index (χ0) is 14.2. The van der Waals surface area contributed by atoms with Crippen LogP contribution in [-0.4, -0.2) is 36.5 Å². The first-order valence-electron chi connectivity index (χ1n) is 3.00. The van der Waals surface area contributed by atoms with Crippen molar-refractivity contribution in [3.8, 4) is 0 Å². The highest BCUT2D eigenvalue weighted by atomic mass is 16.9. The average molecular weight is 257 g/mol. The van der Waals surface area contributed by atoms with E-state index in [2.05, 4.69) is 10.8 Å². The largest absolute Gasteiger partial charge is 0.406 e. The molecule has 0 amide bonds. The predicted molar refractivity (Wildman–Crippen MR) is 43.2 cm³/mol. The summed E-state index contributed by atoms with van der Waals surface area (Å²) in [5.41, 5.74) is 4.57. The highest BCUT2D eigenvalue weighted by molar-refractivity contribution is 5.74. The van der Waals surface area contributed by atoms with Crippen LogP contribution in [0.5, 0.6) is 0 Å². The molecule has 16 heteroatoms. The summed E-state index contributed by atoms with van der Waals surface area (Å²) in [6.07, 6.45) is 0. The van der Waals surface area contributed by atoms with E-state index in [4.69, 9.17) is 15.3 Å². The van der Waals surface area contributed by atoms with Crippen molar-refractivity contribution >= 4 is 5.96 Å². The number of rotatable bonds is 3. The quantitative estimate of drug-likeness (QED) is 0.238. The molecular weight excluding hydrogens is 254 g/mol. The summed E-state index contributed by atoms with van der Waals surface area (Å²) in [5.74, 6) is -1.44. The standard InChI is InChI=1S/CH2N6O6.HNO3/c2-1(3-5(8)9)4(6(10)11)7(12)13;2-1(3)4/h(H2,2,3);(H,2,3,4). The number of nitrogens with two attached hydrogens (primary N) is 1. The predicted octanol–water partition coefficient (Wildman–Crippen LogP) is -2.17. The Morgan fingerprint density at radius 1 is 1.06 bits per heavy atom. The van der Waals surface area contributed by atoms with E-state index >= 15 is 0 Å². The number of nitrogens with zero attached hydrogens (tertiary/aromatic N) is 6. The molecule has 0 unspecified atom stereocenters. The van der Waals surface area contributed by atoms with Crippen LogP contribution < -0.4 is 5.73 Å². The summed E-state index contributed by atoms with van der Waals surface area (Å²) in [6, 6.07) is 0. The summed E-state index contributed by atoms with van der Waals surface area (Å²) in [7, 11) is 0. The van der Waals surface area contributed by atoms with Gasteiger partial charge in [-0.3, -0.25) is 0 Å². The van der Waals surface area contributed by atoms with Crippen LogP contribution in [-0.2, 0) is 0 Å². The molecule has 0 saturated heterocycles. The van der Waals surface area contributed by atoms with E-state index in [0.717, 1.165) is 0 Å². The Hall–Kier alpha value is -3.33. The normalized spacial score (nSPS) is 9.53. The van der Waals surface area contributed by atoms with Crippen molar-refractivity contribution in [2.24, 2.45) is 10.8 Å². The van der Waals surface area contributed by atoms with E-state index in [1.54, 1.807) is 0 Å². The van der Waals surface area contributed by atoms with Gasteiger partial charge in [-0.2, -0.15) is 0 Å². The number of hydrazone groups is 1. The second-order valence-electron chi connectivity index (χ2n) is 1.70. The van der Waals surface area contributed by atoms with Gasteiger partial charge in [-0.25, -0.2) is 30.3 Å². The molecular formula is CH3N7O9. The van der Waals surface area contributed by atoms with Crippen molar-refractivity contribution in [2.75, 3.05) is 0 Å². The Labute approximate surface area is 89.0 Å². The Kier molecular flexibility index (Phi) is 6.66. The van der Waals surface area contributed by atoms with Crippen molar-refractivity contribution in [3.05, 3.63) is 40.5 Å². The molecule has 0 bridgehead atoms. The van der Waals surface area contributed by atoms with Crippen molar-refractivity contribution in [2.45, 2.75) is 0 Å². The summed E-state index contributed by atoms with van der Waals surface area (Å²) in [6.45, 7) is 0. The van der Waals surface area contributed by atoms with Crippen LogP contribution in [0.3, 0.4) is 0 Å². The molecule has 16 nitrogen and oxygen atoms in total. The number of hydrogen-bond donors (Lipinski definition) is 2. The zero-order valence-corrected chi connectivity index (χ0v) is 7.47. The van der Waals surface area contributed by atoms with E-state index in [0.29, 0.717) is 0 Å². The lowest BCUT2D eigenvalue weighted by Gasteiger charge is -1.97. The Balaban J connectivity index is 0. The van der Waals surface area contributed by atoms with Crippen LogP contribution in [0.15, 0.2) is 5.10 Å². The molecule has 0 aromatic carbocycles. The fourth-order valence-corrected chi connectivity index (χ4v) is 0.351. The minimum Gasteiger partial charge on any atom is -0.354 e. The van der Waals surface area contributed by atoms with Crippen LogP contribution in [0, 0.1) is 40.5 Å². The average Bonchev–Trinajstić information content (AvgIpc) is 1.97. The van der Waals surface area contributed by atoms with Crippen molar-refractivity contribution in [1.29, 1.82) is 0 Å².